The van der Waals surface area contributed by atoms with Crippen LogP contribution in [0.3, 0.4) is 0 Å². The molecule has 146 valence electrons. The minimum atomic E-state index is -1.66. The van der Waals surface area contributed by atoms with Gasteiger partial charge in [-0.05, 0) is 36.4 Å². The number of anilines is 1. The van der Waals surface area contributed by atoms with Crippen LogP contribution in [0.15, 0.2) is 54.6 Å². The quantitative estimate of drug-likeness (QED) is 0.480. The third-order valence-electron chi connectivity index (χ3n) is 4.36. The number of carbonyl (C=O) groups is 1. The zero-order chi connectivity index (χ0) is 20.3. The Morgan fingerprint density at radius 2 is 1.68 bits per heavy atom. The van der Waals surface area contributed by atoms with Gasteiger partial charge >= 0.3 is 0 Å². The van der Waals surface area contributed by atoms with Gasteiger partial charge < -0.3 is 14.6 Å². The molecule has 1 saturated heterocycles. The molecule has 5 nitrogen and oxygen atoms in total. The fourth-order valence-corrected chi connectivity index (χ4v) is 3.55. The Kier molecular flexibility index (Phi) is 5.78. The molecule has 1 N–H and O–H groups in total. The summed E-state index contributed by atoms with van der Waals surface area (Å²) < 4.78 is 11.1. The molecule has 3 atom stereocenters. The van der Waals surface area contributed by atoms with Crippen molar-refractivity contribution < 1.29 is 19.4 Å². The lowest BCUT2D eigenvalue weighted by Crippen LogP contribution is -2.71. The van der Waals surface area contributed by atoms with Crippen LogP contribution in [0.1, 0.15) is 0 Å². The first-order chi connectivity index (χ1) is 13.3. The third kappa shape index (κ3) is 4.38. The van der Waals surface area contributed by atoms with E-state index in [1.54, 1.807) is 48.4 Å². The zero-order valence-corrected chi connectivity index (χ0v) is 17.5. The molecule has 0 saturated carbocycles. The molecule has 1 amide bonds. The van der Waals surface area contributed by atoms with Crippen LogP contribution in [-0.4, -0.2) is 44.4 Å². The Labute approximate surface area is 166 Å². The van der Waals surface area contributed by atoms with E-state index in [9.17, 15) is 9.90 Å². The van der Waals surface area contributed by atoms with Crippen LogP contribution in [-0.2, 0) is 4.79 Å². The number of hydrogen-bond acceptors (Lipinski definition) is 4. The normalized spacial score (nSPS) is 19.9. The fraction of sp³-hybridized carbons (Fsp3) is 0.318. The van der Waals surface area contributed by atoms with E-state index in [1.165, 1.54) is 0 Å². The number of amides is 1. The second-order valence-corrected chi connectivity index (χ2v) is 12.5. The molecule has 0 aromatic heterocycles. The molecule has 2 aromatic rings. The molecule has 0 aliphatic carbocycles. The van der Waals surface area contributed by atoms with Gasteiger partial charge in [-0.15, -0.1) is 5.54 Å². The standard InChI is InChI=1S/C22H25NO4Si/c1-26-17-12-10-16(11-13-17)23-20(19(24)14-15-28(2,3)4)21(22(23)25)27-18-8-6-5-7-9-18/h5-13,19-21,24H,1-4H3/t19-,20+,21-/m1/s1. The Morgan fingerprint density at radius 3 is 2.25 bits per heavy atom. The maximum Gasteiger partial charge on any atom is 0.270 e. The summed E-state index contributed by atoms with van der Waals surface area (Å²) in [5, 5.41) is 10.8. The minimum Gasteiger partial charge on any atom is -0.497 e. The molecule has 1 aliphatic heterocycles. The number of aliphatic hydroxyl groups is 1. The van der Waals surface area contributed by atoms with Gasteiger partial charge in [0.15, 0.2) is 0 Å². The van der Waals surface area contributed by atoms with E-state index in [0.29, 0.717) is 17.2 Å². The maximum absolute atomic E-state index is 12.9. The third-order valence-corrected chi connectivity index (χ3v) is 5.26. The Bertz CT molecular complexity index is 881. The van der Waals surface area contributed by atoms with Crippen molar-refractivity contribution in [2.45, 2.75) is 37.9 Å². The largest absolute Gasteiger partial charge is 0.497 e. The van der Waals surface area contributed by atoms with Crippen molar-refractivity contribution >= 4 is 19.7 Å². The van der Waals surface area contributed by atoms with Gasteiger partial charge in [0.2, 0.25) is 6.10 Å². The fourth-order valence-electron chi connectivity index (χ4n) is 2.97. The minimum absolute atomic E-state index is 0.201. The number of methoxy groups -OCH3 is 1. The van der Waals surface area contributed by atoms with Gasteiger partial charge in [-0.1, -0.05) is 43.8 Å². The van der Waals surface area contributed by atoms with Crippen molar-refractivity contribution in [2.24, 2.45) is 0 Å². The summed E-state index contributed by atoms with van der Waals surface area (Å²) in [6.45, 7) is 6.33. The molecule has 0 unspecified atom stereocenters. The highest BCUT2D eigenvalue weighted by molar-refractivity contribution is 6.83. The summed E-state index contributed by atoms with van der Waals surface area (Å²) in [6.07, 6.45) is -1.78. The van der Waals surface area contributed by atoms with Gasteiger partial charge in [0.25, 0.3) is 5.91 Å². The van der Waals surface area contributed by atoms with Crippen molar-refractivity contribution in [2.75, 3.05) is 12.0 Å². The lowest BCUT2D eigenvalue weighted by Gasteiger charge is -2.47. The molecule has 0 spiro atoms. The van der Waals surface area contributed by atoms with Crippen molar-refractivity contribution in [1.29, 1.82) is 0 Å². The van der Waals surface area contributed by atoms with Crippen LogP contribution in [0.2, 0.25) is 19.6 Å². The van der Waals surface area contributed by atoms with Crippen molar-refractivity contribution in [3.63, 3.8) is 0 Å². The lowest BCUT2D eigenvalue weighted by molar-refractivity contribution is -0.137. The molecule has 0 radical (unpaired) electrons. The van der Waals surface area contributed by atoms with E-state index in [-0.39, 0.29) is 5.91 Å². The van der Waals surface area contributed by atoms with E-state index in [0.717, 1.165) is 0 Å². The second kappa shape index (κ2) is 8.09. The number of para-hydroxylation sites is 1. The summed E-state index contributed by atoms with van der Waals surface area (Å²) in [6, 6.07) is 15.7. The highest BCUT2D eigenvalue weighted by atomic mass is 28.3. The number of β-lactam (4-membered cyclic amide) rings is 1. The lowest BCUT2D eigenvalue weighted by atomic mass is 9.91. The number of aliphatic hydroxyl groups excluding tert-OH is 1. The smallest absolute Gasteiger partial charge is 0.270 e. The van der Waals surface area contributed by atoms with Crippen molar-refractivity contribution in [3.8, 4) is 23.0 Å². The van der Waals surface area contributed by atoms with E-state index in [4.69, 9.17) is 9.47 Å². The van der Waals surface area contributed by atoms with E-state index < -0.39 is 26.3 Å². The van der Waals surface area contributed by atoms with Crippen molar-refractivity contribution in [1.82, 2.24) is 0 Å². The van der Waals surface area contributed by atoms with Gasteiger partial charge in [-0.3, -0.25) is 9.69 Å². The van der Waals surface area contributed by atoms with Crippen molar-refractivity contribution in [3.05, 3.63) is 54.6 Å². The zero-order valence-electron chi connectivity index (χ0n) is 16.5. The first kappa shape index (κ1) is 20.0. The summed E-state index contributed by atoms with van der Waals surface area (Å²) in [4.78, 5) is 14.4. The summed E-state index contributed by atoms with van der Waals surface area (Å²) >= 11 is 0. The van der Waals surface area contributed by atoms with Gasteiger partial charge in [0, 0.05) is 5.69 Å². The van der Waals surface area contributed by atoms with Gasteiger partial charge in [0.1, 0.15) is 31.7 Å². The first-order valence-electron chi connectivity index (χ1n) is 9.20. The highest BCUT2D eigenvalue weighted by Gasteiger charge is 2.53. The van der Waals surface area contributed by atoms with Gasteiger partial charge in [-0.2, -0.15) is 0 Å². The Balaban J connectivity index is 1.89. The average molecular weight is 396 g/mol. The predicted molar refractivity (Wildman–Crippen MR) is 112 cm³/mol. The predicted octanol–water partition coefficient (Wildman–Crippen LogP) is 3.10. The molecule has 1 heterocycles. The molecule has 0 bridgehead atoms. The molecule has 2 aromatic carbocycles. The number of rotatable bonds is 5. The van der Waals surface area contributed by atoms with Crippen LogP contribution in [0, 0.1) is 11.5 Å². The van der Waals surface area contributed by atoms with Crippen LogP contribution in [0.5, 0.6) is 11.5 Å². The number of hydrogen-bond donors (Lipinski definition) is 1. The number of carbonyl (C=O) groups excluding carboxylic acids is 1. The monoisotopic (exact) mass is 395 g/mol. The number of nitrogens with zero attached hydrogens (tertiary/aromatic N) is 1. The molecule has 1 fully saturated rings. The molecular weight excluding hydrogens is 370 g/mol. The van der Waals surface area contributed by atoms with Gasteiger partial charge in [0.05, 0.1) is 7.11 Å². The van der Waals surface area contributed by atoms with Crippen LogP contribution >= 0.6 is 0 Å². The SMILES string of the molecule is COc1ccc(N2C(=O)[C@H](Oc3ccccc3)[C@@H]2[C@H](O)C#C[Si](C)(C)C)cc1. The Hall–Kier alpha value is -2.75. The second-order valence-electron chi connectivity index (χ2n) is 7.71. The topological polar surface area (TPSA) is 59.0 Å². The maximum atomic E-state index is 12.9. The van der Waals surface area contributed by atoms with Crippen LogP contribution in [0.25, 0.3) is 0 Å². The Morgan fingerprint density at radius 1 is 1.04 bits per heavy atom. The summed E-state index contributed by atoms with van der Waals surface area (Å²) in [5.74, 6) is 4.04. The highest BCUT2D eigenvalue weighted by Crippen LogP contribution is 2.34. The van der Waals surface area contributed by atoms with Gasteiger partial charge in [-0.25, -0.2) is 0 Å². The summed E-state index contributed by atoms with van der Waals surface area (Å²) in [5.41, 5.74) is 3.86. The number of benzene rings is 2. The van der Waals surface area contributed by atoms with E-state index in [2.05, 4.69) is 31.1 Å². The molecule has 28 heavy (non-hydrogen) atoms. The van der Waals surface area contributed by atoms with E-state index >= 15 is 0 Å². The summed E-state index contributed by atoms with van der Waals surface area (Å²) in [7, 11) is -0.0739. The first-order valence-corrected chi connectivity index (χ1v) is 12.7. The molecule has 3 rings (SSSR count). The number of ether oxygens (including phenoxy) is 2. The average Bonchev–Trinajstić information content (AvgIpc) is 2.68. The molecule has 6 heteroatoms. The molecular formula is C22H25NO4Si. The molecule has 1 aliphatic rings. The van der Waals surface area contributed by atoms with E-state index in [1.807, 2.05) is 18.2 Å². The van der Waals surface area contributed by atoms with Crippen LogP contribution in [0.4, 0.5) is 5.69 Å². The van der Waals surface area contributed by atoms with Crippen LogP contribution < -0.4 is 14.4 Å².